The predicted molar refractivity (Wildman–Crippen MR) is 81.3 cm³/mol. The molecule has 0 bridgehead atoms. The summed E-state index contributed by atoms with van der Waals surface area (Å²) in [6.07, 6.45) is 7.49. The van der Waals surface area contributed by atoms with Crippen molar-refractivity contribution in [2.45, 2.75) is 39.0 Å². The van der Waals surface area contributed by atoms with E-state index in [-0.39, 0.29) is 16.8 Å². The summed E-state index contributed by atoms with van der Waals surface area (Å²) in [5.41, 5.74) is 0.870. The molecule has 5 nitrogen and oxygen atoms in total. The molecule has 0 unspecified atom stereocenters. The van der Waals surface area contributed by atoms with Gasteiger partial charge in [0.15, 0.2) is 0 Å². The molecule has 1 aromatic rings. The second kappa shape index (κ2) is 7.15. The number of nitrogens with one attached hydrogen (secondary N) is 1. The third kappa shape index (κ3) is 3.90. The number of nitro groups is 1. The molecular weight excluding hydrogens is 287 g/mol. The molecule has 2 rings (SSSR count). The summed E-state index contributed by atoms with van der Waals surface area (Å²) in [7, 11) is 0. The van der Waals surface area contributed by atoms with E-state index in [0.29, 0.717) is 6.54 Å². The Kier molecular flexibility index (Phi) is 5.25. The number of amides is 1. The maximum absolute atomic E-state index is 13.7. The standard InChI is InChI=1S/C16H19FN2O3/c1-11-14(17)9-13(10-15(11)19(21)22)16(20)18-8-7-12-5-3-2-4-6-12/h5,9-10H,2-4,6-8H2,1H3,(H,18,20). The van der Waals surface area contributed by atoms with Gasteiger partial charge in [0.1, 0.15) is 5.82 Å². The van der Waals surface area contributed by atoms with Crippen molar-refractivity contribution in [3.8, 4) is 0 Å². The number of carbonyl (C=O) groups excluding carboxylic acids is 1. The molecule has 6 heteroatoms. The summed E-state index contributed by atoms with van der Waals surface area (Å²) in [6, 6.07) is 2.16. The summed E-state index contributed by atoms with van der Waals surface area (Å²) in [6.45, 7) is 1.78. The summed E-state index contributed by atoms with van der Waals surface area (Å²) >= 11 is 0. The number of rotatable bonds is 5. The van der Waals surface area contributed by atoms with Gasteiger partial charge in [-0.15, -0.1) is 0 Å². The maximum atomic E-state index is 13.7. The van der Waals surface area contributed by atoms with Gasteiger partial charge in [0, 0.05) is 18.2 Å². The Morgan fingerprint density at radius 1 is 1.41 bits per heavy atom. The Hall–Kier alpha value is -2.24. The van der Waals surface area contributed by atoms with Gasteiger partial charge >= 0.3 is 0 Å². The van der Waals surface area contributed by atoms with Gasteiger partial charge in [0.05, 0.1) is 10.5 Å². The summed E-state index contributed by atoms with van der Waals surface area (Å²) in [5, 5.41) is 13.6. The van der Waals surface area contributed by atoms with Gasteiger partial charge in [0.25, 0.3) is 11.6 Å². The van der Waals surface area contributed by atoms with Crippen LogP contribution in [0.25, 0.3) is 0 Å². The number of nitro benzene ring substituents is 1. The SMILES string of the molecule is Cc1c(F)cc(C(=O)NCCC2=CCCCC2)cc1[N+](=O)[O-]. The van der Waals surface area contributed by atoms with Crippen LogP contribution in [0.3, 0.4) is 0 Å². The van der Waals surface area contributed by atoms with E-state index in [9.17, 15) is 19.3 Å². The van der Waals surface area contributed by atoms with Crippen LogP contribution in [0, 0.1) is 22.9 Å². The van der Waals surface area contributed by atoms with Crippen molar-refractivity contribution in [2.75, 3.05) is 6.54 Å². The quantitative estimate of drug-likeness (QED) is 0.512. The lowest BCUT2D eigenvalue weighted by molar-refractivity contribution is -0.385. The van der Waals surface area contributed by atoms with E-state index in [0.717, 1.165) is 31.4 Å². The van der Waals surface area contributed by atoms with Crippen LogP contribution in [0.5, 0.6) is 0 Å². The van der Waals surface area contributed by atoms with Crippen molar-refractivity contribution in [3.63, 3.8) is 0 Å². The summed E-state index contributed by atoms with van der Waals surface area (Å²) < 4.78 is 13.7. The van der Waals surface area contributed by atoms with Crippen molar-refractivity contribution < 1.29 is 14.1 Å². The smallest absolute Gasteiger partial charge is 0.276 e. The molecule has 1 aromatic carbocycles. The normalized spacial score (nSPS) is 14.4. The van der Waals surface area contributed by atoms with E-state index >= 15 is 0 Å². The third-order valence-electron chi connectivity index (χ3n) is 3.89. The van der Waals surface area contributed by atoms with Crippen LogP contribution in [0.4, 0.5) is 10.1 Å². The number of allylic oxidation sites excluding steroid dienone is 1. The first-order valence-electron chi connectivity index (χ1n) is 7.39. The van der Waals surface area contributed by atoms with Crippen molar-refractivity contribution in [1.29, 1.82) is 0 Å². The number of hydrogen-bond acceptors (Lipinski definition) is 3. The highest BCUT2D eigenvalue weighted by atomic mass is 19.1. The number of halogens is 1. The zero-order valence-corrected chi connectivity index (χ0v) is 12.5. The first-order chi connectivity index (χ1) is 10.5. The van der Waals surface area contributed by atoms with Crippen LogP contribution in [0.15, 0.2) is 23.8 Å². The van der Waals surface area contributed by atoms with E-state index in [1.54, 1.807) is 0 Å². The van der Waals surface area contributed by atoms with Crippen LogP contribution in [-0.2, 0) is 0 Å². The molecule has 0 fully saturated rings. The fourth-order valence-corrected chi connectivity index (χ4v) is 2.56. The molecule has 0 saturated carbocycles. The Bertz CT molecular complexity index is 626. The van der Waals surface area contributed by atoms with Gasteiger partial charge < -0.3 is 5.32 Å². The van der Waals surface area contributed by atoms with Gasteiger partial charge in [-0.05, 0) is 45.1 Å². The monoisotopic (exact) mass is 306 g/mol. The molecular formula is C16H19FN2O3. The maximum Gasteiger partial charge on any atom is 0.276 e. The zero-order valence-electron chi connectivity index (χ0n) is 12.5. The van der Waals surface area contributed by atoms with E-state index in [1.165, 1.54) is 25.3 Å². The van der Waals surface area contributed by atoms with Crippen molar-refractivity contribution in [1.82, 2.24) is 5.32 Å². The van der Waals surface area contributed by atoms with Gasteiger partial charge in [0.2, 0.25) is 0 Å². The molecule has 1 N–H and O–H groups in total. The fraction of sp³-hybridized carbons (Fsp3) is 0.438. The molecule has 0 atom stereocenters. The lowest BCUT2D eigenvalue weighted by Gasteiger charge is -2.13. The lowest BCUT2D eigenvalue weighted by atomic mass is 9.97. The lowest BCUT2D eigenvalue weighted by Crippen LogP contribution is -2.25. The number of carbonyl (C=O) groups is 1. The molecule has 1 aliphatic carbocycles. The number of benzene rings is 1. The minimum atomic E-state index is -0.741. The Balaban J connectivity index is 2.00. The topological polar surface area (TPSA) is 72.2 Å². The first-order valence-corrected chi connectivity index (χ1v) is 7.39. The van der Waals surface area contributed by atoms with Crippen LogP contribution in [-0.4, -0.2) is 17.4 Å². The highest BCUT2D eigenvalue weighted by molar-refractivity contribution is 5.95. The second-order valence-electron chi connectivity index (χ2n) is 5.47. The Labute approximate surface area is 128 Å². The van der Waals surface area contributed by atoms with Crippen LogP contribution in [0.2, 0.25) is 0 Å². The van der Waals surface area contributed by atoms with Gasteiger partial charge in [-0.25, -0.2) is 4.39 Å². The molecule has 1 amide bonds. The molecule has 0 heterocycles. The zero-order chi connectivity index (χ0) is 16.1. The molecule has 0 radical (unpaired) electrons. The van der Waals surface area contributed by atoms with Crippen LogP contribution in [0.1, 0.15) is 48.0 Å². The van der Waals surface area contributed by atoms with Gasteiger partial charge in [-0.3, -0.25) is 14.9 Å². The average molecular weight is 306 g/mol. The average Bonchev–Trinajstić information content (AvgIpc) is 2.50. The van der Waals surface area contributed by atoms with Gasteiger partial charge in [-0.2, -0.15) is 0 Å². The van der Waals surface area contributed by atoms with Crippen LogP contribution < -0.4 is 5.32 Å². The van der Waals surface area contributed by atoms with Crippen molar-refractivity contribution >= 4 is 11.6 Å². The van der Waals surface area contributed by atoms with E-state index in [1.807, 2.05) is 0 Å². The molecule has 0 saturated heterocycles. The molecule has 118 valence electrons. The fourth-order valence-electron chi connectivity index (χ4n) is 2.56. The first kappa shape index (κ1) is 16.1. The van der Waals surface area contributed by atoms with E-state index in [4.69, 9.17) is 0 Å². The predicted octanol–water partition coefficient (Wildman–Crippen LogP) is 3.66. The van der Waals surface area contributed by atoms with Crippen molar-refractivity contribution in [3.05, 3.63) is 50.8 Å². The largest absolute Gasteiger partial charge is 0.352 e. The summed E-state index contributed by atoms with van der Waals surface area (Å²) in [5.74, 6) is -1.23. The minimum Gasteiger partial charge on any atom is -0.352 e. The van der Waals surface area contributed by atoms with E-state index in [2.05, 4.69) is 11.4 Å². The molecule has 0 aliphatic heterocycles. The Morgan fingerprint density at radius 2 is 2.18 bits per heavy atom. The Morgan fingerprint density at radius 3 is 2.82 bits per heavy atom. The number of nitrogens with zero attached hydrogens (tertiary/aromatic N) is 1. The highest BCUT2D eigenvalue weighted by Gasteiger charge is 2.19. The third-order valence-corrected chi connectivity index (χ3v) is 3.89. The minimum absolute atomic E-state index is 0.0209. The summed E-state index contributed by atoms with van der Waals surface area (Å²) in [4.78, 5) is 22.2. The van der Waals surface area contributed by atoms with E-state index < -0.39 is 16.6 Å². The highest BCUT2D eigenvalue weighted by Crippen LogP contribution is 2.23. The second-order valence-corrected chi connectivity index (χ2v) is 5.47. The molecule has 22 heavy (non-hydrogen) atoms. The van der Waals surface area contributed by atoms with Crippen LogP contribution >= 0.6 is 0 Å². The molecule has 0 spiro atoms. The van der Waals surface area contributed by atoms with Crippen molar-refractivity contribution in [2.24, 2.45) is 0 Å². The van der Waals surface area contributed by atoms with Gasteiger partial charge in [-0.1, -0.05) is 11.6 Å². The molecule has 0 aromatic heterocycles. The molecule has 1 aliphatic rings. The number of hydrogen-bond donors (Lipinski definition) is 1.